The second kappa shape index (κ2) is 5.71. The molecule has 0 saturated carbocycles. The zero-order chi connectivity index (χ0) is 13.8. The lowest BCUT2D eigenvalue weighted by Gasteiger charge is -2.06. The molecule has 0 aliphatic heterocycles. The van der Waals surface area contributed by atoms with Gasteiger partial charge in [-0.2, -0.15) is 0 Å². The molecule has 0 saturated heterocycles. The zero-order valence-electron chi connectivity index (χ0n) is 10.7. The Balaban J connectivity index is 2.05. The van der Waals surface area contributed by atoms with Crippen molar-refractivity contribution in [3.8, 4) is 5.75 Å². The van der Waals surface area contributed by atoms with E-state index in [0.717, 1.165) is 10.7 Å². The number of methoxy groups -OCH3 is 1. The SMILES string of the molecule is COc1cc(N)cc(C(=O)OCc2nc(C)cs2)c1. The van der Waals surface area contributed by atoms with Gasteiger partial charge in [-0.15, -0.1) is 11.3 Å². The van der Waals surface area contributed by atoms with E-state index in [4.69, 9.17) is 15.2 Å². The lowest BCUT2D eigenvalue weighted by atomic mass is 10.2. The quantitative estimate of drug-likeness (QED) is 0.686. The summed E-state index contributed by atoms with van der Waals surface area (Å²) in [5, 5.41) is 2.67. The highest BCUT2D eigenvalue weighted by Gasteiger charge is 2.11. The van der Waals surface area contributed by atoms with E-state index < -0.39 is 5.97 Å². The van der Waals surface area contributed by atoms with Gasteiger partial charge in [-0.25, -0.2) is 9.78 Å². The topological polar surface area (TPSA) is 74.4 Å². The number of carbonyl (C=O) groups is 1. The minimum atomic E-state index is -0.446. The van der Waals surface area contributed by atoms with Gasteiger partial charge in [0.2, 0.25) is 0 Å². The Morgan fingerprint density at radius 3 is 2.84 bits per heavy atom. The Labute approximate surface area is 115 Å². The second-order valence-electron chi connectivity index (χ2n) is 3.95. The summed E-state index contributed by atoms with van der Waals surface area (Å²) >= 11 is 1.46. The first-order valence-corrected chi connectivity index (χ1v) is 6.49. The highest BCUT2D eigenvalue weighted by atomic mass is 32.1. The van der Waals surface area contributed by atoms with E-state index in [1.807, 2.05) is 12.3 Å². The molecular formula is C13H14N2O3S. The number of aryl methyl sites for hydroxylation is 1. The highest BCUT2D eigenvalue weighted by Crippen LogP contribution is 2.19. The number of nitrogens with zero attached hydrogens (tertiary/aromatic N) is 1. The zero-order valence-corrected chi connectivity index (χ0v) is 11.5. The van der Waals surface area contributed by atoms with E-state index in [2.05, 4.69) is 4.98 Å². The van der Waals surface area contributed by atoms with Gasteiger partial charge < -0.3 is 15.2 Å². The van der Waals surface area contributed by atoms with Crippen molar-refractivity contribution in [1.29, 1.82) is 0 Å². The highest BCUT2D eigenvalue weighted by molar-refractivity contribution is 7.09. The molecule has 0 spiro atoms. The lowest BCUT2D eigenvalue weighted by molar-refractivity contribution is 0.0472. The van der Waals surface area contributed by atoms with Gasteiger partial charge in [0.1, 0.15) is 17.4 Å². The van der Waals surface area contributed by atoms with Crippen LogP contribution >= 0.6 is 11.3 Å². The number of rotatable bonds is 4. The molecule has 0 radical (unpaired) electrons. The fourth-order valence-electron chi connectivity index (χ4n) is 1.54. The predicted molar refractivity (Wildman–Crippen MR) is 73.4 cm³/mol. The molecule has 5 nitrogen and oxygen atoms in total. The summed E-state index contributed by atoms with van der Waals surface area (Å²) in [6.45, 7) is 2.05. The van der Waals surface area contributed by atoms with E-state index in [0.29, 0.717) is 17.0 Å². The molecule has 0 bridgehead atoms. The van der Waals surface area contributed by atoms with Crippen LogP contribution in [-0.4, -0.2) is 18.1 Å². The molecule has 0 aliphatic rings. The molecule has 0 unspecified atom stereocenters. The molecule has 19 heavy (non-hydrogen) atoms. The maximum Gasteiger partial charge on any atom is 0.338 e. The van der Waals surface area contributed by atoms with Crippen LogP contribution in [0.3, 0.4) is 0 Å². The number of benzene rings is 1. The summed E-state index contributed by atoms with van der Waals surface area (Å²) in [5.74, 6) is 0.0792. The summed E-state index contributed by atoms with van der Waals surface area (Å²) in [7, 11) is 1.52. The first-order valence-electron chi connectivity index (χ1n) is 5.61. The molecule has 6 heteroatoms. The summed E-state index contributed by atoms with van der Waals surface area (Å²) in [6, 6.07) is 4.78. The molecule has 1 heterocycles. The van der Waals surface area contributed by atoms with Crippen LogP contribution < -0.4 is 10.5 Å². The first kappa shape index (κ1) is 13.4. The number of nitrogen functional groups attached to an aromatic ring is 1. The van der Waals surface area contributed by atoms with Gasteiger partial charge in [-0.1, -0.05) is 0 Å². The van der Waals surface area contributed by atoms with Crippen molar-refractivity contribution in [2.24, 2.45) is 0 Å². The number of ether oxygens (including phenoxy) is 2. The average Bonchev–Trinajstić information content (AvgIpc) is 2.81. The molecule has 0 amide bonds. The fraction of sp³-hybridized carbons (Fsp3) is 0.231. The number of anilines is 1. The van der Waals surface area contributed by atoms with Crippen LogP contribution in [0.25, 0.3) is 0 Å². The summed E-state index contributed by atoms with van der Waals surface area (Å²) < 4.78 is 10.2. The third kappa shape index (κ3) is 3.45. The monoisotopic (exact) mass is 278 g/mol. The maximum atomic E-state index is 11.9. The van der Waals surface area contributed by atoms with Gasteiger partial charge in [0.25, 0.3) is 0 Å². The third-order valence-electron chi connectivity index (χ3n) is 2.39. The molecule has 2 rings (SSSR count). The molecular weight excluding hydrogens is 264 g/mol. The molecule has 0 fully saturated rings. The average molecular weight is 278 g/mol. The Morgan fingerprint density at radius 2 is 2.21 bits per heavy atom. The first-order chi connectivity index (χ1) is 9.08. The van der Waals surface area contributed by atoms with Gasteiger partial charge in [-0.05, 0) is 19.1 Å². The van der Waals surface area contributed by atoms with Crippen LogP contribution in [-0.2, 0) is 11.3 Å². The minimum absolute atomic E-state index is 0.161. The smallest absolute Gasteiger partial charge is 0.338 e. The molecule has 2 N–H and O–H groups in total. The summed E-state index contributed by atoms with van der Waals surface area (Å²) in [6.07, 6.45) is 0. The summed E-state index contributed by atoms with van der Waals surface area (Å²) in [4.78, 5) is 16.1. The maximum absolute atomic E-state index is 11.9. The summed E-state index contributed by atoms with van der Waals surface area (Å²) in [5.41, 5.74) is 7.42. The number of nitrogens with two attached hydrogens (primary N) is 1. The van der Waals surface area contributed by atoms with E-state index >= 15 is 0 Å². The van der Waals surface area contributed by atoms with Crippen molar-refractivity contribution >= 4 is 23.0 Å². The van der Waals surface area contributed by atoms with Crippen molar-refractivity contribution in [3.63, 3.8) is 0 Å². The number of carbonyl (C=O) groups excluding carboxylic acids is 1. The van der Waals surface area contributed by atoms with E-state index in [1.54, 1.807) is 18.2 Å². The van der Waals surface area contributed by atoms with Crippen LogP contribution in [0.15, 0.2) is 23.6 Å². The molecule has 0 atom stereocenters. The molecule has 2 aromatic rings. The number of aromatic nitrogens is 1. The number of hydrogen-bond donors (Lipinski definition) is 1. The largest absolute Gasteiger partial charge is 0.497 e. The van der Waals surface area contributed by atoms with Crippen LogP contribution in [0, 0.1) is 6.92 Å². The molecule has 1 aromatic carbocycles. The predicted octanol–water partition coefficient (Wildman–Crippen LogP) is 2.40. The van der Waals surface area contributed by atoms with Gasteiger partial charge in [0.15, 0.2) is 0 Å². The third-order valence-corrected chi connectivity index (χ3v) is 3.33. The normalized spacial score (nSPS) is 10.2. The fourth-order valence-corrected chi connectivity index (χ4v) is 2.22. The van der Waals surface area contributed by atoms with Crippen LogP contribution in [0.2, 0.25) is 0 Å². The minimum Gasteiger partial charge on any atom is -0.497 e. The van der Waals surface area contributed by atoms with Gasteiger partial charge >= 0.3 is 5.97 Å². The number of hydrogen-bond acceptors (Lipinski definition) is 6. The van der Waals surface area contributed by atoms with Crippen molar-refractivity contribution in [2.75, 3.05) is 12.8 Å². The van der Waals surface area contributed by atoms with Gasteiger partial charge in [0.05, 0.1) is 12.7 Å². The molecule has 1 aromatic heterocycles. The second-order valence-corrected chi connectivity index (χ2v) is 4.90. The Hall–Kier alpha value is -2.08. The Bertz CT molecular complexity index is 595. The van der Waals surface area contributed by atoms with Gasteiger partial charge in [-0.3, -0.25) is 0 Å². The number of esters is 1. The van der Waals surface area contributed by atoms with Gasteiger partial charge in [0, 0.05) is 22.8 Å². The van der Waals surface area contributed by atoms with E-state index in [-0.39, 0.29) is 6.61 Å². The Morgan fingerprint density at radius 1 is 1.42 bits per heavy atom. The van der Waals surface area contributed by atoms with Crippen molar-refractivity contribution in [3.05, 3.63) is 39.8 Å². The van der Waals surface area contributed by atoms with E-state index in [1.165, 1.54) is 18.4 Å². The van der Waals surface area contributed by atoms with Crippen LogP contribution in [0.4, 0.5) is 5.69 Å². The van der Waals surface area contributed by atoms with Crippen LogP contribution in [0.5, 0.6) is 5.75 Å². The van der Waals surface area contributed by atoms with Crippen molar-refractivity contribution in [2.45, 2.75) is 13.5 Å². The molecule has 0 aliphatic carbocycles. The molecule has 100 valence electrons. The Kier molecular flexibility index (Phi) is 4.01. The van der Waals surface area contributed by atoms with Crippen molar-refractivity contribution < 1.29 is 14.3 Å². The van der Waals surface area contributed by atoms with Crippen molar-refractivity contribution in [1.82, 2.24) is 4.98 Å². The lowest BCUT2D eigenvalue weighted by Crippen LogP contribution is -2.06. The number of thiazole rings is 1. The van der Waals surface area contributed by atoms with E-state index in [9.17, 15) is 4.79 Å². The van der Waals surface area contributed by atoms with Crippen LogP contribution in [0.1, 0.15) is 21.1 Å². The standard InChI is InChI=1S/C13H14N2O3S/c1-8-7-19-12(15-8)6-18-13(16)9-3-10(14)5-11(4-9)17-2/h3-5,7H,6,14H2,1-2H3.